The van der Waals surface area contributed by atoms with Crippen molar-refractivity contribution in [3.63, 3.8) is 0 Å². The van der Waals surface area contributed by atoms with Crippen LogP contribution in [-0.2, 0) is 17.9 Å². The molecule has 0 saturated carbocycles. The van der Waals surface area contributed by atoms with Gasteiger partial charge in [-0.25, -0.2) is 4.98 Å². The number of hydrogen-bond donors (Lipinski definition) is 0. The lowest BCUT2D eigenvalue weighted by atomic mass is 10.3. The van der Waals surface area contributed by atoms with E-state index < -0.39 is 0 Å². The van der Waals surface area contributed by atoms with Gasteiger partial charge in [0.25, 0.3) is 0 Å². The van der Waals surface area contributed by atoms with E-state index in [4.69, 9.17) is 0 Å². The molecular weight excluding hydrogens is 424 g/mol. The van der Waals surface area contributed by atoms with Gasteiger partial charge in [-0.05, 0) is 32.2 Å². The Balaban J connectivity index is 1.44. The van der Waals surface area contributed by atoms with Crippen LogP contribution >= 0.6 is 34.4 Å². The molecule has 0 bridgehead atoms. The molecule has 4 aromatic rings. The SMILES string of the molecule is CCn1c(SCC(=O)N(C)Cc2c(C)nc3sc(C)cn23)nnc1-c1cccs1. The van der Waals surface area contributed by atoms with Crippen molar-refractivity contribution < 1.29 is 4.79 Å². The number of thiophene rings is 1. The first kappa shape index (κ1) is 20.1. The van der Waals surface area contributed by atoms with Crippen LogP contribution in [0.25, 0.3) is 15.7 Å². The average molecular weight is 447 g/mol. The maximum absolute atomic E-state index is 12.8. The van der Waals surface area contributed by atoms with Crippen molar-refractivity contribution in [1.82, 2.24) is 29.0 Å². The van der Waals surface area contributed by atoms with Crippen LogP contribution in [0.15, 0.2) is 28.9 Å². The van der Waals surface area contributed by atoms with Gasteiger partial charge in [0.1, 0.15) is 0 Å². The van der Waals surface area contributed by atoms with E-state index in [1.54, 1.807) is 27.6 Å². The number of aromatic nitrogens is 5. The van der Waals surface area contributed by atoms with Gasteiger partial charge in [-0.15, -0.1) is 32.9 Å². The molecule has 0 unspecified atom stereocenters. The number of carbonyl (C=O) groups excluding carboxylic acids is 1. The molecule has 0 spiro atoms. The first-order chi connectivity index (χ1) is 14.0. The third-order valence-corrected chi connectivity index (χ3v) is 7.37. The maximum Gasteiger partial charge on any atom is 0.233 e. The lowest BCUT2D eigenvalue weighted by Gasteiger charge is -2.17. The highest BCUT2D eigenvalue weighted by Gasteiger charge is 2.19. The van der Waals surface area contributed by atoms with E-state index in [9.17, 15) is 4.79 Å². The number of hydrogen-bond acceptors (Lipinski definition) is 7. The highest BCUT2D eigenvalue weighted by Crippen LogP contribution is 2.27. The van der Waals surface area contributed by atoms with Crippen molar-refractivity contribution >= 4 is 45.3 Å². The van der Waals surface area contributed by atoms with E-state index in [0.717, 1.165) is 38.8 Å². The van der Waals surface area contributed by atoms with Gasteiger partial charge in [0.2, 0.25) is 5.91 Å². The highest BCUT2D eigenvalue weighted by molar-refractivity contribution is 7.99. The molecule has 0 aromatic carbocycles. The second-order valence-electron chi connectivity index (χ2n) is 6.70. The Hall–Kier alpha value is -2.17. The predicted octanol–water partition coefficient (Wildman–Crippen LogP) is 4.10. The molecule has 0 radical (unpaired) electrons. The van der Waals surface area contributed by atoms with Crippen molar-refractivity contribution in [2.75, 3.05) is 12.8 Å². The zero-order valence-corrected chi connectivity index (χ0v) is 19.2. The third-order valence-electron chi connectivity index (χ3n) is 4.65. The fourth-order valence-electron chi connectivity index (χ4n) is 3.12. The van der Waals surface area contributed by atoms with E-state index in [1.165, 1.54) is 16.6 Å². The van der Waals surface area contributed by atoms with Crippen LogP contribution in [0, 0.1) is 13.8 Å². The molecule has 4 rings (SSSR count). The molecule has 0 atom stereocenters. The summed E-state index contributed by atoms with van der Waals surface area (Å²) in [6.45, 7) is 7.42. The minimum Gasteiger partial charge on any atom is -0.339 e. The van der Waals surface area contributed by atoms with Gasteiger partial charge in [0.05, 0.1) is 28.6 Å². The van der Waals surface area contributed by atoms with Gasteiger partial charge in [-0.2, -0.15) is 0 Å². The molecule has 4 heterocycles. The Morgan fingerprint density at radius 3 is 2.86 bits per heavy atom. The van der Waals surface area contributed by atoms with Gasteiger partial charge < -0.3 is 9.47 Å². The Bertz CT molecular complexity index is 1140. The second kappa shape index (κ2) is 8.29. The van der Waals surface area contributed by atoms with Gasteiger partial charge in [0, 0.05) is 24.7 Å². The number of nitrogens with zero attached hydrogens (tertiary/aromatic N) is 6. The lowest BCUT2D eigenvalue weighted by Crippen LogP contribution is -2.28. The smallest absolute Gasteiger partial charge is 0.233 e. The van der Waals surface area contributed by atoms with Crippen molar-refractivity contribution in [3.05, 3.63) is 40.0 Å². The summed E-state index contributed by atoms with van der Waals surface area (Å²) in [6.07, 6.45) is 2.08. The molecule has 0 aliphatic carbocycles. The minimum absolute atomic E-state index is 0.0552. The molecule has 10 heteroatoms. The van der Waals surface area contributed by atoms with Crippen LogP contribution in [0.3, 0.4) is 0 Å². The van der Waals surface area contributed by atoms with Crippen LogP contribution in [0.2, 0.25) is 0 Å². The highest BCUT2D eigenvalue weighted by atomic mass is 32.2. The van der Waals surface area contributed by atoms with E-state index in [0.29, 0.717) is 12.3 Å². The molecule has 152 valence electrons. The number of thiazole rings is 1. The minimum atomic E-state index is 0.0552. The van der Waals surface area contributed by atoms with Crippen molar-refractivity contribution in [2.24, 2.45) is 0 Å². The first-order valence-electron chi connectivity index (χ1n) is 9.25. The van der Waals surface area contributed by atoms with Crippen molar-refractivity contribution in [1.29, 1.82) is 0 Å². The first-order valence-corrected chi connectivity index (χ1v) is 11.9. The van der Waals surface area contributed by atoms with Crippen LogP contribution in [0.4, 0.5) is 0 Å². The summed E-state index contributed by atoms with van der Waals surface area (Å²) < 4.78 is 4.15. The zero-order chi connectivity index (χ0) is 20.5. The summed E-state index contributed by atoms with van der Waals surface area (Å²) in [5.74, 6) is 1.23. The normalized spacial score (nSPS) is 11.4. The molecule has 7 nitrogen and oxygen atoms in total. The number of amides is 1. The standard InChI is InChI=1S/C19H22N6OS3/c1-5-24-17(15-7-6-8-27-15)21-22-19(24)28-11-16(26)23(4)10-14-13(3)20-18-25(14)9-12(2)29-18/h6-9H,5,10-11H2,1-4H3. The van der Waals surface area contributed by atoms with Crippen molar-refractivity contribution in [2.45, 2.75) is 39.0 Å². The van der Waals surface area contributed by atoms with Crippen LogP contribution in [0.5, 0.6) is 0 Å². The van der Waals surface area contributed by atoms with Crippen LogP contribution in [-0.4, -0.2) is 47.8 Å². The number of carbonyl (C=O) groups is 1. The zero-order valence-electron chi connectivity index (χ0n) is 16.7. The van der Waals surface area contributed by atoms with E-state index in [-0.39, 0.29) is 5.91 Å². The van der Waals surface area contributed by atoms with E-state index >= 15 is 0 Å². The summed E-state index contributed by atoms with van der Waals surface area (Å²) >= 11 is 4.73. The fraction of sp³-hybridized carbons (Fsp3) is 0.368. The number of imidazole rings is 1. The molecule has 0 aliphatic rings. The molecule has 0 fully saturated rings. The largest absolute Gasteiger partial charge is 0.339 e. The average Bonchev–Trinajstić information content (AvgIpc) is 3.45. The quantitative estimate of drug-likeness (QED) is 0.400. The molecule has 1 amide bonds. The molecule has 4 aromatic heterocycles. The van der Waals surface area contributed by atoms with Crippen LogP contribution < -0.4 is 0 Å². The Morgan fingerprint density at radius 2 is 2.14 bits per heavy atom. The van der Waals surface area contributed by atoms with Gasteiger partial charge in [-0.3, -0.25) is 9.20 Å². The predicted molar refractivity (Wildman–Crippen MR) is 119 cm³/mol. The van der Waals surface area contributed by atoms with Crippen LogP contribution in [0.1, 0.15) is 23.2 Å². The fourth-order valence-corrected chi connectivity index (χ4v) is 5.67. The molecule has 0 saturated heterocycles. The summed E-state index contributed by atoms with van der Waals surface area (Å²) in [7, 11) is 1.84. The summed E-state index contributed by atoms with van der Waals surface area (Å²) in [5.41, 5.74) is 2.02. The Morgan fingerprint density at radius 1 is 1.31 bits per heavy atom. The van der Waals surface area contributed by atoms with Gasteiger partial charge in [0.15, 0.2) is 15.9 Å². The maximum atomic E-state index is 12.8. The summed E-state index contributed by atoms with van der Waals surface area (Å²) in [5, 5.41) is 11.4. The number of fused-ring (bicyclic) bond motifs is 1. The van der Waals surface area contributed by atoms with E-state index in [2.05, 4.69) is 44.2 Å². The molecule has 0 aliphatic heterocycles. The summed E-state index contributed by atoms with van der Waals surface area (Å²) in [4.78, 5) is 22.4. The van der Waals surface area contributed by atoms with Gasteiger partial charge >= 0.3 is 0 Å². The third kappa shape index (κ3) is 3.96. The molecule has 29 heavy (non-hydrogen) atoms. The molecular formula is C19H22N6OS3. The lowest BCUT2D eigenvalue weighted by molar-refractivity contribution is -0.127. The second-order valence-corrected chi connectivity index (χ2v) is 9.81. The number of rotatable bonds is 7. The Labute approximate surface area is 181 Å². The van der Waals surface area contributed by atoms with Crippen molar-refractivity contribution in [3.8, 4) is 10.7 Å². The summed E-state index contributed by atoms with van der Waals surface area (Å²) in [6, 6.07) is 4.04. The number of thioether (sulfide) groups is 1. The topological polar surface area (TPSA) is 68.3 Å². The monoisotopic (exact) mass is 446 g/mol. The Kier molecular flexibility index (Phi) is 5.75. The van der Waals surface area contributed by atoms with Gasteiger partial charge in [-0.1, -0.05) is 17.8 Å². The van der Waals surface area contributed by atoms with E-state index in [1.807, 2.05) is 31.5 Å². The molecule has 0 N–H and O–H groups in total. The number of aryl methyl sites for hydroxylation is 2.